The maximum Gasteiger partial charge on any atom is 0.354 e. The number of aromatic carboxylic acids is 1. The molecule has 0 bridgehead atoms. The lowest BCUT2D eigenvalue weighted by molar-refractivity contribution is 0.0690. The maximum absolute atomic E-state index is 10.8. The summed E-state index contributed by atoms with van der Waals surface area (Å²) in [6, 6.07) is 8.52. The van der Waals surface area contributed by atoms with Gasteiger partial charge in [0.25, 0.3) is 0 Å². The average Bonchev–Trinajstić information content (AvgIpc) is 2.46. The molecule has 2 aromatic rings. The van der Waals surface area contributed by atoms with Crippen LogP contribution in [0.1, 0.15) is 29.9 Å². The van der Waals surface area contributed by atoms with Crippen LogP contribution >= 0.6 is 0 Å². The second-order valence-electron chi connectivity index (χ2n) is 4.74. The largest absolute Gasteiger partial charge is 0.477 e. The summed E-state index contributed by atoms with van der Waals surface area (Å²) < 4.78 is 5.46. The molecular weight excluding hydrogens is 270 g/mol. The van der Waals surface area contributed by atoms with Crippen LogP contribution in [0.25, 0.3) is 0 Å². The molecule has 0 aromatic carbocycles. The van der Waals surface area contributed by atoms with Crippen LogP contribution in [0, 0.1) is 0 Å². The smallest absolute Gasteiger partial charge is 0.354 e. The summed E-state index contributed by atoms with van der Waals surface area (Å²) in [7, 11) is 0. The average molecular weight is 287 g/mol. The lowest BCUT2D eigenvalue weighted by Gasteiger charge is -2.09. The van der Waals surface area contributed by atoms with Crippen LogP contribution in [0.4, 0.5) is 5.82 Å². The fourth-order valence-electron chi connectivity index (χ4n) is 1.67. The van der Waals surface area contributed by atoms with Gasteiger partial charge in [-0.05, 0) is 31.5 Å². The molecular formula is C15H17N3O3. The van der Waals surface area contributed by atoms with Crippen LogP contribution in [0.2, 0.25) is 0 Å². The SMILES string of the molecule is CC(C)Oc1ccc(CNc2cccc(C(=O)O)n2)cn1. The zero-order valence-electron chi connectivity index (χ0n) is 11.9. The van der Waals surface area contributed by atoms with E-state index in [2.05, 4.69) is 15.3 Å². The molecule has 0 saturated carbocycles. The first-order valence-electron chi connectivity index (χ1n) is 6.60. The van der Waals surface area contributed by atoms with Gasteiger partial charge in [0.2, 0.25) is 5.88 Å². The predicted molar refractivity (Wildman–Crippen MR) is 78.5 cm³/mol. The van der Waals surface area contributed by atoms with Crippen molar-refractivity contribution in [1.82, 2.24) is 9.97 Å². The van der Waals surface area contributed by atoms with E-state index in [9.17, 15) is 4.79 Å². The predicted octanol–water partition coefficient (Wildman–Crippen LogP) is 2.57. The Morgan fingerprint density at radius 1 is 1.33 bits per heavy atom. The maximum atomic E-state index is 10.8. The van der Waals surface area contributed by atoms with Gasteiger partial charge in [-0.15, -0.1) is 0 Å². The van der Waals surface area contributed by atoms with Crippen molar-refractivity contribution in [3.8, 4) is 5.88 Å². The minimum Gasteiger partial charge on any atom is -0.477 e. The van der Waals surface area contributed by atoms with Crippen LogP contribution in [-0.4, -0.2) is 27.1 Å². The Labute approximate surface area is 122 Å². The van der Waals surface area contributed by atoms with E-state index in [1.54, 1.807) is 24.4 Å². The molecule has 0 atom stereocenters. The Balaban J connectivity index is 1.96. The van der Waals surface area contributed by atoms with Gasteiger partial charge >= 0.3 is 5.97 Å². The van der Waals surface area contributed by atoms with Crippen molar-refractivity contribution < 1.29 is 14.6 Å². The van der Waals surface area contributed by atoms with Crippen molar-refractivity contribution in [2.24, 2.45) is 0 Å². The highest BCUT2D eigenvalue weighted by Gasteiger charge is 2.05. The molecule has 6 heteroatoms. The Hall–Kier alpha value is -2.63. The monoisotopic (exact) mass is 287 g/mol. The number of aromatic nitrogens is 2. The van der Waals surface area contributed by atoms with Gasteiger partial charge in [-0.25, -0.2) is 14.8 Å². The Kier molecular flexibility index (Phi) is 4.71. The third-order valence-corrected chi connectivity index (χ3v) is 2.60. The quantitative estimate of drug-likeness (QED) is 0.849. The highest BCUT2D eigenvalue weighted by molar-refractivity contribution is 5.85. The first-order valence-corrected chi connectivity index (χ1v) is 6.60. The van der Waals surface area contributed by atoms with Gasteiger partial charge in [0.1, 0.15) is 5.82 Å². The fraction of sp³-hybridized carbons (Fsp3) is 0.267. The van der Waals surface area contributed by atoms with E-state index in [1.807, 2.05) is 19.9 Å². The minimum absolute atomic E-state index is 0.0128. The van der Waals surface area contributed by atoms with Crippen LogP contribution in [-0.2, 0) is 6.54 Å². The van der Waals surface area contributed by atoms with Crippen molar-refractivity contribution >= 4 is 11.8 Å². The summed E-state index contributed by atoms with van der Waals surface area (Å²) in [5, 5.41) is 11.9. The van der Waals surface area contributed by atoms with E-state index in [0.717, 1.165) is 5.56 Å². The molecule has 2 aromatic heterocycles. The van der Waals surface area contributed by atoms with Crippen LogP contribution in [0.5, 0.6) is 5.88 Å². The van der Waals surface area contributed by atoms with Gasteiger partial charge in [0.15, 0.2) is 5.69 Å². The number of carbonyl (C=O) groups is 1. The summed E-state index contributed by atoms with van der Waals surface area (Å²) in [6.07, 6.45) is 1.80. The summed E-state index contributed by atoms with van der Waals surface area (Å²) in [5.41, 5.74) is 0.965. The van der Waals surface area contributed by atoms with Crippen LogP contribution in [0.3, 0.4) is 0 Å². The Morgan fingerprint density at radius 3 is 2.76 bits per heavy atom. The molecule has 2 rings (SSSR count). The summed E-state index contributed by atoms with van der Waals surface area (Å²) >= 11 is 0. The number of pyridine rings is 2. The number of hydrogen-bond acceptors (Lipinski definition) is 5. The summed E-state index contributed by atoms with van der Waals surface area (Å²) in [6.45, 7) is 4.39. The van der Waals surface area contributed by atoms with E-state index in [4.69, 9.17) is 9.84 Å². The van der Waals surface area contributed by atoms with Crippen LogP contribution in [0.15, 0.2) is 36.5 Å². The molecule has 0 unspecified atom stereocenters. The molecule has 2 N–H and O–H groups in total. The van der Waals surface area contributed by atoms with E-state index >= 15 is 0 Å². The topological polar surface area (TPSA) is 84.3 Å². The molecule has 0 saturated heterocycles. The number of nitrogens with zero attached hydrogens (tertiary/aromatic N) is 2. The number of ether oxygens (including phenoxy) is 1. The first-order chi connectivity index (χ1) is 10.0. The molecule has 0 spiro atoms. The van der Waals surface area contributed by atoms with Crippen LogP contribution < -0.4 is 10.1 Å². The van der Waals surface area contributed by atoms with E-state index in [-0.39, 0.29) is 11.8 Å². The van der Waals surface area contributed by atoms with E-state index in [1.165, 1.54) is 6.07 Å². The molecule has 21 heavy (non-hydrogen) atoms. The standard InChI is InChI=1S/C15H17N3O3/c1-10(2)21-14-7-6-11(9-17-14)8-16-13-5-3-4-12(18-13)15(19)20/h3-7,9-10H,8H2,1-2H3,(H,16,18)(H,19,20). The van der Waals surface area contributed by atoms with Gasteiger partial charge in [0, 0.05) is 18.8 Å². The van der Waals surface area contributed by atoms with E-state index in [0.29, 0.717) is 18.2 Å². The van der Waals surface area contributed by atoms with Gasteiger partial charge in [-0.1, -0.05) is 12.1 Å². The van der Waals surface area contributed by atoms with Gasteiger partial charge in [-0.3, -0.25) is 0 Å². The third-order valence-electron chi connectivity index (χ3n) is 2.60. The van der Waals surface area contributed by atoms with Crippen molar-refractivity contribution in [3.63, 3.8) is 0 Å². The fourth-order valence-corrected chi connectivity index (χ4v) is 1.67. The molecule has 2 heterocycles. The highest BCUT2D eigenvalue weighted by Crippen LogP contribution is 2.11. The minimum atomic E-state index is -1.05. The van der Waals surface area contributed by atoms with Crippen molar-refractivity contribution in [3.05, 3.63) is 47.8 Å². The number of carboxylic acids is 1. The van der Waals surface area contributed by atoms with Crippen molar-refractivity contribution in [2.75, 3.05) is 5.32 Å². The molecule has 0 radical (unpaired) electrons. The van der Waals surface area contributed by atoms with Crippen molar-refractivity contribution in [1.29, 1.82) is 0 Å². The van der Waals surface area contributed by atoms with Gasteiger partial charge < -0.3 is 15.2 Å². The zero-order chi connectivity index (χ0) is 15.2. The number of anilines is 1. The van der Waals surface area contributed by atoms with E-state index < -0.39 is 5.97 Å². The normalized spacial score (nSPS) is 10.4. The lowest BCUT2D eigenvalue weighted by Crippen LogP contribution is -2.08. The van der Waals surface area contributed by atoms with Gasteiger partial charge in [0.05, 0.1) is 6.10 Å². The second-order valence-corrected chi connectivity index (χ2v) is 4.74. The lowest BCUT2D eigenvalue weighted by atomic mass is 10.3. The second kappa shape index (κ2) is 6.69. The molecule has 0 aliphatic rings. The molecule has 110 valence electrons. The number of nitrogens with one attached hydrogen (secondary N) is 1. The third kappa shape index (κ3) is 4.45. The van der Waals surface area contributed by atoms with Crippen molar-refractivity contribution in [2.45, 2.75) is 26.5 Å². The first kappa shape index (κ1) is 14.8. The van der Waals surface area contributed by atoms with Gasteiger partial charge in [-0.2, -0.15) is 0 Å². The number of hydrogen-bond donors (Lipinski definition) is 2. The molecule has 0 aliphatic carbocycles. The number of carboxylic acid groups (broad SMARTS) is 1. The Bertz CT molecular complexity index is 612. The number of rotatable bonds is 6. The molecule has 6 nitrogen and oxygen atoms in total. The zero-order valence-corrected chi connectivity index (χ0v) is 11.9. The highest BCUT2D eigenvalue weighted by atomic mass is 16.5. The Morgan fingerprint density at radius 2 is 2.14 bits per heavy atom. The molecule has 0 amide bonds. The molecule has 0 aliphatic heterocycles. The summed E-state index contributed by atoms with van der Waals surface area (Å²) in [4.78, 5) is 19.0. The summed E-state index contributed by atoms with van der Waals surface area (Å²) in [5.74, 6) is 0.0488. The molecule has 0 fully saturated rings.